The lowest BCUT2D eigenvalue weighted by atomic mass is 10.0. The van der Waals surface area contributed by atoms with Crippen LogP contribution in [0.3, 0.4) is 0 Å². The van der Waals surface area contributed by atoms with Crippen molar-refractivity contribution in [3.8, 4) is 0 Å². The first kappa shape index (κ1) is 26.2. The number of hydrogen-bond acceptors (Lipinski definition) is 5. The van der Waals surface area contributed by atoms with E-state index in [0.29, 0.717) is 19.5 Å². The molecule has 1 aromatic heterocycles. The summed E-state index contributed by atoms with van der Waals surface area (Å²) < 4.78 is 32.0. The molecule has 0 fully saturated rings. The summed E-state index contributed by atoms with van der Waals surface area (Å²) in [7, 11) is -3.56. The Morgan fingerprint density at radius 2 is 1.57 bits per heavy atom. The topological polar surface area (TPSA) is 109 Å². The van der Waals surface area contributed by atoms with Crippen molar-refractivity contribution >= 4 is 21.8 Å². The van der Waals surface area contributed by atoms with Gasteiger partial charge in [-0.3, -0.25) is 9.59 Å². The van der Waals surface area contributed by atoms with Crippen molar-refractivity contribution in [3.05, 3.63) is 89.9 Å². The third-order valence-corrected chi connectivity index (χ3v) is 7.80. The summed E-state index contributed by atoms with van der Waals surface area (Å²) in [4.78, 5) is 25.9. The van der Waals surface area contributed by atoms with E-state index >= 15 is 0 Å². The molecule has 2 atom stereocenters. The van der Waals surface area contributed by atoms with Crippen molar-refractivity contribution in [3.63, 3.8) is 0 Å². The predicted molar refractivity (Wildman–Crippen MR) is 133 cm³/mol. The van der Waals surface area contributed by atoms with Crippen LogP contribution in [0.5, 0.6) is 0 Å². The molecule has 0 saturated carbocycles. The van der Waals surface area contributed by atoms with Crippen molar-refractivity contribution in [1.29, 1.82) is 0 Å². The molecule has 8 nitrogen and oxygen atoms in total. The fourth-order valence-electron chi connectivity index (χ4n) is 3.73. The van der Waals surface area contributed by atoms with E-state index in [4.69, 9.17) is 4.42 Å². The predicted octanol–water partition coefficient (Wildman–Crippen LogP) is 3.53. The molecular formula is C26H31N3O5S. The number of hydrogen-bond donors (Lipinski definition) is 2. The summed E-state index contributed by atoms with van der Waals surface area (Å²) in [6.45, 7) is 6.17. The first-order valence-electron chi connectivity index (χ1n) is 11.5. The molecule has 0 saturated heterocycles. The highest BCUT2D eigenvalue weighted by molar-refractivity contribution is 7.89. The Bertz CT molecular complexity index is 1210. The first-order valence-corrected chi connectivity index (χ1v) is 13.0. The Balaban J connectivity index is 1.74. The lowest BCUT2D eigenvalue weighted by Crippen LogP contribution is -2.48. The lowest BCUT2D eigenvalue weighted by Gasteiger charge is -2.22. The number of carbonyl (C=O) groups excluding carboxylic acids is 2. The van der Waals surface area contributed by atoms with Crippen LogP contribution in [0.25, 0.3) is 0 Å². The number of nitrogens with zero attached hydrogens (tertiary/aromatic N) is 1. The summed E-state index contributed by atoms with van der Waals surface area (Å²) in [5, 5.41) is 5.68. The van der Waals surface area contributed by atoms with Crippen molar-refractivity contribution in [2.75, 3.05) is 13.1 Å². The monoisotopic (exact) mass is 497 g/mol. The number of furan rings is 1. The molecule has 3 rings (SSSR count). The molecule has 2 aromatic carbocycles. The molecule has 2 amide bonds. The van der Waals surface area contributed by atoms with Crippen LogP contribution in [-0.4, -0.2) is 43.7 Å². The Hall–Kier alpha value is -3.43. The molecule has 0 spiro atoms. The minimum absolute atomic E-state index is 0.119. The Labute approximate surface area is 206 Å². The second-order valence-electron chi connectivity index (χ2n) is 8.08. The van der Waals surface area contributed by atoms with Crippen LogP contribution in [-0.2, 0) is 21.2 Å². The van der Waals surface area contributed by atoms with E-state index in [-0.39, 0.29) is 16.6 Å². The van der Waals surface area contributed by atoms with Gasteiger partial charge in [0.05, 0.1) is 17.2 Å². The number of sulfonamides is 1. The van der Waals surface area contributed by atoms with Crippen molar-refractivity contribution < 1.29 is 22.4 Å². The highest BCUT2D eigenvalue weighted by Gasteiger charge is 2.25. The van der Waals surface area contributed by atoms with E-state index in [9.17, 15) is 18.0 Å². The van der Waals surface area contributed by atoms with Gasteiger partial charge in [0.25, 0.3) is 5.91 Å². The zero-order chi connectivity index (χ0) is 25.4. The van der Waals surface area contributed by atoms with Crippen LogP contribution in [0.15, 0.2) is 82.3 Å². The molecule has 1 heterocycles. The Kier molecular flexibility index (Phi) is 8.84. The van der Waals surface area contributed by atoms with Gasteiger partial charge < -0.3 is 15.1 Å². The summed E-state index contributed by atoms with van der Waals surface area (Å²) in [5.41, 5.74) is 1.64. The van der Waals surface area contributed by atoms with Gasteiger partial charge in [0.15, 0.2) is 5.76 Å². The second kappa shape index (κ2) is 11.8. The maximum atomic E-state index is 13.2. The summed E-state index contributed by atoms with van der Waals surface area (Å²) in [5.74, 6) is -0.722. The van der Waals surface area contributed by atoms with Gasteiger partial charge in [-0.2, -0.15) is 4.31 Å². The fraction of sp³-hybridized carbons (Fsp3) is 0.308. The zero-order valence-corrected chi connectivity index (χ0v) is 20.9. The van der Waals surface area contributed by atoms with E-state index in [1.54, 1.807) is 51.1 Å². The third kappa shape index (κ3) is 6.58. The molecule has 186 valence electrons. The maximum absolute atomic E-state index is 13.2. The number of amides is 2. The van der Waals surface area contributed by atoms with Crippen LogP contribution in [0, 0.1) is 0 Å². The minimum Gasteiger partial charge on any atom is -0.459 e. The molecule has 0 unspecified atom stereocenters. The molecule has 2 N–H and O–H groups in total. The SMILES string of the molecule is CCN(CC)S(=O)(=O)c1ccc([C@H](C)NC(=O)[C@H](Cc2ccccc2)NC(=O)c2ccco2)cc1. The highest BCUT2D eigenvalue weighted by Crippen LogP contribution is 2.20. The number of rotatable bonds is 11. The van der Waals surface area contributed by atoms with Crippen LogP contribution in [0.1, 0.15) is 48.5 Å². The van der Waals surface area contributed by atoms with Gasteiger partial charge in [0.1, 0.15) is 6.04 Å². The molecule has 0 bridgehead atoms. The molecule has 0 aliphatic carbocycles. The minimum atomic E-state index is -3.56. The average molecular weight is 498 g/mol. The molecule has 35 heavy (non-hydrogen) atoms. The first-order chi connectivity index (χ1) is 16.8. The average Bonchev–Trinajstić information content (AvgIpc) is 3.40. The molecule has 0 aliphatic rings. The Morgan fingerprint density at radius 1 is 0.914 bits per heavy atom. The highest BCUT2D eigenvalue weighted by atomic mass is 32.2. The fourth-order valence-corrected chi connectivity index (χ4v) is 5.19. The van der Waals surface area contributed by atoms with Crippen molar-refractivity contribution in [2.24, 2.45) is 0 Å². The maximum Gasteiger partial charge on any atom is 0.287 e. The van der Waals surface area contributed by atoms with Gasteiger partial charge >= 0.3 is 0 Å². The quantitative estimate of drug-likeness (QED) is 0.421. The molecular weight excluding hydrogens is 466 g/mol. The van der Waals surface area contributed by atoms with Crippen molar-refractivity contribution in [1.82, 2.24) is 14.9 Å². The van der Waals surface area contributed by atoms with Gasteiger partial charge in [0.2, 0.25) is 15.9 Å². The Morgan fingerprint density at radius 3 is 2.14 bits per heavy atom. The molecule has 9 heteroatoms. The third-order valence-electron chi connectivity index (χ3n) is 5.73. The van der Waals surface area contributed by atoms with Gasteiger partial charge in [0, 0.05) is 19.5 Å². The standard InChI is InChI=1S/C26H31N3O5S/c1-4-29(5-2)35(32,33)22-15-13-21(14-16-22)19(3)27-25(30)23(18-20-10-7-6-8-11-20)28-26(31)24-12-9-17-34-24/h6-17,19,23H,4-5,18H2,1-3H3,(H,27,30)(H,28,31)/t19-,23-/m0/s1. The van der Waals surface area contributed by atoms with Gasteiger partial charge in [-0.25, -0.2) is 8.42 Å². The van der Waals surface area contributed by atoms with Gasteiger partial charge in [-0.15, -0.1) is 0 Å². The summed E-state index contributed by atoms with van der Waals surface area (Å²) >= 11 is 0. The summed E-state index contributed by atoms with van der Waals surface area (Å²) in [6.07, 6.45) is 1.69. The van der Waals surface area contributed by atoms with Gasteiger partial charge in [-0.05, 0) is 42.3 Å². The molecule has 0 aliphatic heterocycles. The number of nitrogens with one attached hydrogen (secondary N) is 2. The molecule has 3 aromatic rings. The largest absolute Gasteiger partial charge is 0.459 e. The van der Waals surface area contributed by atoms with E-state index in [2.05, 4.69) is 10.6 Å². The number of carbonyl (C=O) groups is 2. The van der Waals surface area contributed by atoms with E-state index in [0.717, 1.165) is 11.1 Å². The van der Waals surface area contributed by atoms with E-state index < -0.39 is 28.0 Å². The van der Waals surface area contributed by atoms with E-state index in [1.165, 1.54) is 16.6 Å². The van der Waals surface area contributed by atoms with Gasteiger partial charge in [-0.1, -0.05) is 56.3 Å². The smallest absolute Gasteiger partial charge is 0.287 e. The van der Waals surface area contributed by atoms with Crippen molar-refractivity contribution in [2.45, 2.75) is 44.2 Å². The van der Waals surface area contributed by atoms with Crippen LogP contribution >= 0.6 is 0 Å². The van der Waals surface area contributed by atoms with Crippen LogP contribution in [0.4, 0.5) is 0 Å². The lowest BCUT2D eigenvalue weighted by molar-refractivity contribution is -0.123. The van der Waals surface area contributed by atoms with E-state index in [1.807, 2.05) is 30.3 Å². The summed E-state index contributed by atoms with van der Waals surface area (Å²) in [6, 6.07) is 17.8. The molecule has 0 radical (unpaired) electrons. The number of benzene rings is 2. The van der Waals surface area contributed by atoms with Crippen LogP contribution < -0.4 is 10.6 Å². The zero-order valence-electron chi connectivity index (χ0n) is 20.1. The second-order valence-corrected chi connectivity index (χ2v) is 10.0. The van der Waals surface area contributed by atoms with Crippen LogP contribution in [0.2, 0.25) is 0 Å². The normalized spacial score (nSPS) is 13.3.